The first-order valence-corrected chi connectivity index (χ1v) is 46.1. The Hall–Kier alpha value is -3.56. The van der Waals surface area contributed by atoms with Crippen LogP contribution in [0.1, 0.15) is 242 Å². The molecule has 0 spiro atoms. The van der Waals surface area contributed by atoms with Gasteiger partial charge in [-0.25, -0.2) is 0 Å². The van der Waals surface area contributed by atoms with Gasteiger partial charge in [0.15, 0.2) is 0 Å². The number of aryl methyl sites for hydroxylation is 1. The zero-order valence-corrected chi connectivity index (χ0v) is 68.6. The van der Waals surface area contributed by atoms with Crippen LogP contribution < -0.4 is 31.8 Å². The molecule has 0 unspecified atom stereocenters. The molecule has 0 aliphatic rings. The van der Waals surface area contributed by atoms with Crippen molar-refractivity contribution in [2.45, 2.75) is 236 Å². The summed E-state index contributed by atoms with van der Waals surface area (Å²) in [6, 6.07) is 68.2. The van der Waals surface area contributed by atoms with Gasteiger partial charge in [0, 0.05) is 0 Å². The summed E-state index contributed by atoms with van der Waals surface area (Å²) < 4.78 is 0. The van der Waals surface area contributed by atoms with Gasteiger partial charge in [0.05, 0.1) is 0 Å². The molecule has 9 aromatic carbocycles. The molecule has 0 heterocycles. The molecule has 9 rings (SSSR count). The van der Waals surface area contributed by atoms with E-state index in [1.165, 1.54) is 120 Å². The van der Waals surface area contributed by atoms with Crippen molar-refractivity contribution in [3.8, 4) is 11.1 Å². The van der Waals surface area contributed by atoms with Crippen molar-refractivity contribution < 1.29 is 10.1 Å². The first-order valence-electron chi connectivity index (χ1n) is 33.0. The van der Waals surface area contributed by atoms with E-state index in [1.807, 2.05) is 0 Å². The fourth-order valence-electron chi connectivity index (χ4n) is 11.6. The molecule has 91 heavy (non-hydrogen) atoms. The molecule has 0 aromatic heterocycles. The van der Waals surface area contributed by atoms with Crippen LogP contribution in [0, 0.1) is 6.92 Å². The number of halogens is 2. The van der Waals surface area contributed by atoms with Crippen molar-refractivity contribution in [1.82, 2.24) is 0 Å². The molecule has 0 nitrogen and oxygen atoms in total. The molecule has 0 atom stereocenters. The number of fused-ring (bicyclic) bond motifs is 2. The van der Waals surface area contributed by atoms with Gasteiger partial charge in [-0.05, 0) is 187 Å². The van der Waals surface area contributed by atoms with Crippen LogP contribution in [-0.2, 0) is 53.4 Å². The second-order valence-electron chi connectivity index (χ2n) is 34.2. The Morgan fingerprint density at radius 3 is 0.725 bits per heavy atom. The summed E-state index contributed by atoms with van der Waals surface area (Å²) in [5, 5.41) is 13.6. The van der Waals surface area contributed by atoms with Crippen molar-refractivity contribution in [1.29, 1.82) is 0 Å². The van der Waals surface area contributed by atoms with Crippen molar-refractivity contribution in [2.24, 2.45) is 0 Å². The summed E-state index contributed by atoms with van der Waals surface area (Å²) >= 11 is 4.73. The summed E-state index contributed by atoms with van der Waals surface area (Å²) in [6.45, 7) is 64.0. The van der Waals surface area contributed by atoms with E-state index in [4.69, 9.17) is 0 Å². The van der Waals surface area contributed by atoms with Crippen LogP contribution in [0.25, 0.3) is 32.7 Å². The number of rotatable bonds is 8. The van der Waals surface area contributed by atoms with Gasteiger partial charge < -0.3 is 0 Å². The number of hydrogen-bond donors (Lipinski definition) is 0. The Labute approximate surface area is 586 Å². The molecule has 9 aromatic rings. The average molecular weight is 1560 g/mol. The Balaban J connectivity index is 0.000000811. The molecule has 0 radical (unpaired) electrons. The van der Waals surface area contributed by atoms with Gasteiger partial charge in [-0.3, -0.25) is 0 Å². The van der Waals surface area contributed by atoms with Crippen LogP contribution in [0.5, 0.6) is 0 Å². The standard InChI is InChI=1S/C76H96P2.C10H14.2HI.Ru/c1-69(2,3)51-37-52(70(4,5)6)42-59(41-51)77(60-43-53(71(7,8)9)38-54(44-60)72(10,11)12)65-35-33-49-29-25-27-31-63(49)67(65)68-64-32-28-26-30-50(64)34-36-66(68)78(61-45-55(73(13,14)15)39-56(46-61)74(16,17)18)62-47-57(75(19,20)21)40-58(48-62)76(22,23)24;1-8(2)10-6-4-9(3)5-7-10;;;/h25-48H,1-24H3;4-8H,1-3H3;2*1H;/q;;;;+2/p-2. The normalized spacial score (nSPS) is 13.1. The summed E-state index contributed by atoms with van der Waals surface area (Å²) in [7, 11) is -1.73. The molecule has 0 bridgehead atoms. The van der Waals surface area contributed by atoms with Crippen LogP contribution in [-0.4, -0.2) is 0 Å². The van der Waals surface area contributed by atoms with Crippen molar-refractivity contribution in [3.63, 3.8) is 0 Å². The van der Waals surface area contributed by atoms with Gasteiger partial charge in [0.25, 0.3) is 0 Å². The summed E-state index contributed by atoms with van der Waals surface area (Å²) in [6.07, 6.45) is 0. The van der Waals surface area contributed by atoms with Crippen LogP contribution in [0.4, 0.5) is 0 Å². The third-order valence-electron chi connectivity index (χ3n) is 17.9. The van der Waals surface area contributed by atoms with Crippen LogP contribution in [0.15, 0.2) is 170 Å². The van der Waals surface area contributed by atoms with Crippen molar-refractivity contribution in [2.75, 3.05) is 0 Å². The third-order valence-corrected chi connectivity index (χ3v) is 22.7. The van der Waals surface area contributed by atoms with E-state index in [-0.39, 0.29) is 43.3 Å². The zero-order chi connectivity index (χ0) is 67.9. The SMILES string of the molecule is CC(C)(C)c1cc(P(c2cc(C(C)(C)C)cc(C(C)(C)C)c2)c2ccc3ccccc3c2-c2c(P(c3cc(C(C)(C)C)cc(C(C)(C)C)c3)c3cc(C(C)(C)C)cc(C(C)(C)C)c3)ccc3ccccc23)cc(C(C)(C)C)c1.Cc1ccc(C(C)C)cc1.[I][Ru][I]. The maximum atomic E-state index is 2.61. The molecular formula is C86H110I2P2Ru. The van der Waals surface area contributed by atoms with E-state index >= 15 is 0 Å². The first-order chi connectivity index (χ1) is 41.8. The Kier molecular flexibility index (Phi) is 23.6. The average Bonchev–Trinajstić information content (AvgIpc) is 0.825. The second-order valence-corrected chi connectivity index (χ2v) is 52.0. The Bertz CT molecular complexity index is 3480. The molecule has 0 N–H and O–H groups in total. The van der Waals surface area contributed by atoms with E-state index < -0.39 is 15.8 Å². The van der Waals surface area contributed by atoms with Gasteiger partial charge in [-0.2, -0.15) is 0 Å². The van der Waals surface area contributed by atoms with E-state index in [0.717, 1.165) is 0 Å². The number of benzene rings is 9. The van der Waals surface area contributed by atoms with Crippen molar-refractivity contribution >= 4 is 109 Å². The number of hydrogen-bond acceptors (Lipinski definition) is 0. The molecule has 0 saturated heterocycles. The van der Waals surface area contributed by atoms with E-state index in [1.54, 1.807) is 0 Å². The molecule has 0 aliphatic carbocycles. The summed E-state index contributed by atoms with van der Waals surface area (Å²) in [4.78, 5) is 0. The molecule has 5 heteroatoms. The predicted octanol–water partition coefficient (Wildman–Crippen LogP) is 24.4. The van der Waals surface area contributed by atoms with E-state index in [0.29, 0.717) is 16.0 Å². The van der Waals surface area contributed by atoms with Gasteiger partial charge in [-0.15, -0.1) is 0 Å². The quantitative estimate of drug-likeness (QED) is 0.0808. The predicted molar refractivity (Wildman–Crippen MR) is 427 cm³/mol. The van der Waals surface area contributed by atoms with Crippen LogP contribution >= 0.6 is 55.3 Å². The van der Waals surface area contributed by atoms with Gasteiger partial charge in [-0.1, -0.05) is 355 Å². The fraction of sp³-hybridized carbons (Fsp3) is 0.419. The van der Waals surface area contributed by atoms with Crippen LogP contribution in [0.3, 0.4) is 0 Å². The molecular weight excluding hydrogens is 1450 g/mol. The molecule has 0 fully saturated rings. The molecule has 0 amide bonds. The minimum atomic E-state index is -1.19. The van der Waals surface area contributed by atoms with Crippen molar-refractivity contribution in [3.05, 3.63) is 225 Å². The summed E-state index contributed by atoms with van der Waals surface area (Å²) in [5.41, 5.74) is 16.1. The first kappa shape index (κ1) is 74.8. The second kappa shape index (κ2) is 28.6. The van der Waals surface area contributed by atoms with Gasteiger partial charge >= 0.3 is 49.6 Å². The van der Waals surface area contributed by atoms with Crippen LogP contribution in [0.2, 0.25) is 0 Å². The fourth-order valence-corrected chi connectivity index (χ4v) is 16.9. The topological polar surface area (TPSA) is 0 Å². The van der Waals surface area contributed by atoms with E-state index in [9.17, 15) is 0 Å². The molecule has 486 valence electrons. The monoisotopic (exact) mass is 1560 g/mol. The zero-order valence-electron chi connectivity index (χ0n) is 60.7. The minimum absolute atomic E-state index is 0.0628. The maximum absolute atomic E-state index is 2.61. The summed E-state index contributed by atoms with van der Waals surface area (Å²) in [5.74, 6) is 0.653. The Morgan fingerprint density at radius 2 is 0.516 bits per heavy atom. The van der Waals surface area contributed by atoms with E-state index in [2.05, 4.69) is 396 Å². The molecule has 0 saturated carbocycles. The van der Waals surface area contributed by atoms with Gasteiger partial charge in [0.1, 0.15) is 0 Å². The van der Waals surface area contributed by atoms with Gasteiger partial charge in [0.2, 0.25) is 0 Å². The Morgan fingerprint density at radius 1 is 0.297 bits per heavy atom. The third kappa shape index (κ3) is 18.5. The molecule has 0 aliphatic heterocycles.